The van der Waals surface area contributed by atoms with E-state index in [0.717, 1.165) is 13.0 Å². The van der Waals surface area contributed by atoms with Crippen LogP contribution in [0.3, 0.4) is 0 Å². The van der Waals surface area contributed by atoms with Crippen LogP contribution < -0.4 is 11.0 Å². The van der Waals surface area contributed by atoms with Crippen LogP contribution in [-0.2, 0) is 6.54 Å². The lowest BCUT2D eigenvalue weighted by molar-refractivity contribution is 0.418. The summed E-state index contributed by atoms with van der Waals surface area (Å²) in [6.45, 7) is 9.36. The van der Waals surface area contributed by atoms with Crippen LogP contribution in [-0.4, -0.2) is 32.1 Å². The van der Waals surface area contributed by atoms with Crippen LogP contribution in [0.2, 0.25) is 0 Å². The van der Waals surface area contributed by atoms with Crippen LogP contribution in [0.25, 0.3) is 0 Å². The summed E-state index contributed by atoms with van der Waals surface area (Å²) >= 11 is 1.52. The van der Waals surface area contributed by atoms with E-state index < -0.39 is 5.54 Å². The first kappa shape index (κ1) is 16.8. The average molecular weight is 297 g/mol. The lowest BCUT2D eigenvalue weighted by atomic mass is 9.98. The van der Waals surface area contributed by atoms with E-state index in [0.29, 0.717) is 18.1 Å². The highest BCUT2D eigenvalue weighted by molar-refractivity contribution is 7.99. The molecule has 1 aromatic rings. The minimum atomic E-state index is -0.546. The van der Waals surface area contributed by atoms with Crippen LogP contribution in [0.1, 0.15) is 40.5 Å². The smallest absolute Gasteiger partial charge is 0.300 e. The van der Waals surface area contributed by atoms with Crippen molar-refractivity contribution in [2.45, 2.75) is 63.0 Å². The second-order valence-corrected chi connectivity index (χ2v) is 6.46. The van der Waals surface area contributed by atoms with E-state index in [4.69, 9.17) is 0 Å². The van der Waals surface area contributed by atoms with Gasteiger partial charge >= 0.3 is 5.69 Å². The summed E-state index contributed by atoms with van der Waals surface area (Å²) in [7, 11) is 0. The number of hydrogen-bond donors (Lipinski definition) is 2. The van der Waals surface area contributed by atoms with Gasteiger partial charge in [0.05, 0.1) is 6.07 Å². The fraction of sp³-hybridized carbons (Fsp3) is 0.769. The normalized spacial score (nSPS) is 15.6. The summed E-state index contributed by atoms with van der Waals surface area (Å²) in [6.07, 6.45) is 1.69. The molecular weight excluding hydrogens is 274 g/mol. The first-order chi connectivity index (χ1) is 9.45. The summed E-state index contributed by atoms with van der Waals surface area (Å²) < 4.78 is 1.60. The van der Waals surface area contributed by atoms with E-state index in [-0.39, 0.29) is 10.9 Å². The van der Waals surface area contributed by atoms with Gasteiger partial charge in [-0.1, -0.05) is 25.6 Å². The van der Waals surface area contributed by atoms with E-state index in [9.17, 15) is 10.1 Å². The second-order valence-electron chi connectivity index (χ2n) is 5.06. The van der Waals surface area contributed by atoms with Gasteiger partial charge in [0, 0.05) is 11.8 Å². The second kappa shape index (κ2) is 7.50. The van der Waals surface area contributed by atoms with Crippen LogP contribution in [0.15, 0.2) is 9.95 Å². The number of H-pyrrole nitrogens is 1. The summed E-state index contributed by atoms with van der Waals surface area (Å²) in [5.41, 5.74) is -0.731. The summed E-state index contributed by atoms with van der Waals surface area (Å²) in [5.74, 6) is 0. The van der Waals surface area contributed by atoms with Gasteiger partial charge in [0.1, 0.15) is 5.54 Å². The summed E-state index contributed by atoms with van der Waals surface area (Å²) in [4.78, 5) is 11.5. The predicted molar refractivity (Wildman–Crippen MR) is 80.8 cm³/mol. The minimum Gasteiger partial charge on any atom is -0.300 e. The van der Waals surface area contributed by atoms with Crippen LogP contribution in [0, 0.1) is 11.3 Å². The Morgan fingerprint density at radius 1 is 1.60 bits per heavy atom. The molecule has 0 aliphatic heterocycles. The van der Waals surface area contributed by atoms with Gasteiger partial charge in [0.25, 0.3) is 0 Å². The van der Waals surface area contributed by atoms with E-state index in [1.54, 1.807) is 4.57 Å². The number of hydrogen-bond acceptors (Lipinski definition) is 5. The van der Waals surface area contributed by atoms with Crippen molar-refractivity contribution >= 4 is 11.8 Å². The first-order valence-corrected chi connectivity index (χ1v) is 7.81. The first-order valence-electron chi connectivity index (χ1n) is 6.94. The highest BCUT2D eigenvalue weighted by atomic mass is 32.2. The van der Waals surface area contributed by atoms with Gasteiger partial charge in [-0.05, 0) is 33.2 Å². The van der Waals surface area contributed by atoms with Crippen molar-refractivity contribution < 1.29 is 0 Å². The lowest BCUT2D eigenvalue weighted by Crippen LogP contribution is -2.43. The number of nitrogens with one attached hydrogen (secondary N) is 2. The molecule has 2 unspecified atom stereocenters. The minimum absolute atomic E-state index is 0.185. The number of thioether (sulfide) groups is 1. The molecule has 0 amide bonds. The van der Waals surface area contributed by atoms with Crippen molar-refractivity contribution in [3.8, 4) is 6.07 Å². The molecule has 0 bridgehead atoms. The van der Waals surface area contributed by atoms with Gasteiger partial charge in [-0.15, -0.1) is 5.10 Å². The van der Waals surface area contributed by atoms with Crippen LogP contribution >= 0.6 is 11.8 Å². The molecule has 0 spiro atoms. The molecule has 6 nitrogen and oxygen atoms in total. The summed E-state index contributed by atoms with van der Waals surface area (Å²) in [5, 5.41) is 20.0. The Morgan fingerprint density at radius 3 is 2.85 bits per heavy atom. The van der Waals surface area contributed by atoms with Gasteiger partial charge in [0.15, 0.2) is 5.16 Å². The molecule has 20 heavy (non-hydrogen) atoms. The third-order valence-electron chi connectivity index (χ3n) is 3.05. The average Bonchev–Trinajstić information content (AvgIpc) is 2.76. The molecule has 7 heteroatoms. The zero-order valence-corrected chi connectivity index (χ0v) is 13.4. The monoisotopic (exact) mass is 297 g/mol. The van der Waals surface area contributed by atoms with Gasteiger partial charge in [-0.2, -0.15) is 5.26 Å². The van der Waals surface area contributed by atoms with Crippen molar-refractivity contribution in [3.05, 3.63) is 10.5 Å². The maximum Gasteiger partial charge on any atom is 0.343 e. The zero-order valence-electron chi connectivity index (χ0n) is 12.6. The van der Waals surface area contributed by atoms with Gasteiger partial charge in [-0.3, -0.25) is 9.88 Å². The molecule has 1 heterocycles. The van der Waals surface area contributed by atoms with Gasteiger partial charge in [0.2, 0.25) is 0 Å². The Bertz CT molecular complexity index is 518. The molecule has 0 aliphatic rings. The Hall–Kier alpha value is -1.26. The Balaban J connectivity index is 2.69. The number of aromatic amines is 1. The standard InChI is InChI=1S/C13H23N5OS/c1-5-7-15-13(4,9-14)8-10(3)20-12-17-16-11(19)18(12)6-2/h10,15H,5-8H2,1-4H3,(H,16,19). The molecule has 112 valence electrons. The SMILES string of the molecule is CCCNC(C)(C#N)CC(C)Sc1n[nH]c(=O)n1CC. The van der Waals surface area contributed by atoms with Crippen molar-refractivity contribution in [2.24, 2.45) is 0 Å². The van der Waals surface area contributed by atoms with E-state index in [1.807, 2.05) is 20.8 Å². The number of nitriles is 1. The van der Waals surface area contributed by atoms with Crippen LogP contribution in [0.4, 0.5) is 0 Å². The Kier molecular flexibility index (Phi) is 6.30. The number of rotatable bonds is 8. The molecule has 0 radical (unpaired) electrons. The quantitative estimate of drug-likeness (QED) is 0.714. The molecule has 0 aromatic carbocycles. The van der Waals surface area contributed by atoms with E-state index in [1.165, 1.54) is 11.8 Å². The fourth-order valence-corrected chi connectivity index (χ4v) is 3.24. The summed E-state index contributed by atoms with van der Waals surface area (Å²) in [6, 6.07) is 2.34. The van der Waals surface area contributed by atoms with Gasteiger partial charge in [-0.25, -0.2) is 9.89 Å². The highest BCUT2D eigenvalue weighted by Gasteiger charge is 2.26. The molecule has 1 rings (SSSR count). The topological polar surface area (TPSA) is 86.5 Å². The van der Waals surface area contributed by atoms with Crippen molar-refractivity contribution in [1.82, 2.24) is 20.1 Å². The predicted octanol–water partition coefficient (Wildman–Crippen LogP) is 1.74. The number of nitrogens with zero attached hydrogens (tertiary/aromatic N) is 3. The third kappa shape index (κ3) is 4.39. The van der Waals surface area contributed by atoms with Crippen molar-refractivity contribution in [2.75, 3.05) is 6.54 Å². The number of aromatic nitrogens is 3. The lowest BCUT2D eigenvalue weighted by Gasteiger charge is -2.26. The van der Waals surface area contributed by atoms with Crippen LogP contribution in [0.5, 0.6) is 0 Å². The zero-order chi connectivity index (χ0) is 15.2. The maximum atomic E-state index is 11.5. The molecule has 2 atom stereocenters. The van der Waals surface area contributed by atoms with E-state index >= 15 is 0 Å². The molecule has 0 saturated carbocycles. The fourth-order valence-electron chi connectivity index (χ4n) is 2.03. The molecule has 1 aromatic heterocycles. The highest BCUT2D eigenvalue weighted by Crippen LogP contribution is 2.26. The van der Waals surface area contributed by atoms with Gasteiger partial charge < -0.3 is 0 Å². The molecule has 2 N–H and O–H groups in total. The van der Waals surface area contributed by atoms with Crippen molar-refractivity contribution in [3.63, 3.8) is 0 Å². The molecule has 0 fully saturated rings. The third-order valence-corrected chi connectivity index (χ3v) is 4.15. The maximum absolute atomic E-state index is 11.5. The molecular formula is C13H23N5OS. The Labute approximate surface area is 123 Å². The molecule has 0 saturated heterocycles. The molecule has 0 aliphatic carbocycles. The largest absolute Gasteiger partial charge is 0.343 e. The Morgan fingerprint density at radius 2 is 2.30 bits per heavy atom. The van der Waals surface area contributed by atoms with Crippen molar-refractivity contribution in [1.29, 1.82) is 5.26 Å². The van der Waals surface area contributed by atoms with E-state index in [2.05, 4.69) is 28.5 Å².